The van der Waals surface area contributed by atoms with Gasteiger partial charge in [-0.3, -0.25) is 0 Å². The summed E-state index contributed by atoms with van der Waals surface area (Å²) in [6, 6.07) is 7.89. The van der Waals surface area contributed by atoms with Crippen LogP contribution < -0.4 is 5.73 Å². The number of benzene rings is 1. The summed E-state index contributed by atoms with van der Waals surface area (Å²) in [7, 11) is 0. The Morgan fingerprint density at radius 2 is 2.00 bits per heavy atom. The standard InChI is InChI=1S/C11H16ClN.ClH/c1-2-3-8-11(13)9-6-4-5-7-10(9)12;/h4-7,11H,2-3,8,13H2,1H3;1H/t11-;/m0./s1. The number of hydrogen-bond acceptors (Lipinski definition) is 1. The average Bonchev–Trinajstić information content (AvgIpc) is 2.15. The zero-order chi connectivity index (χ0) is 9.68. The highest BCUT2D eigenvalue weighted by Crippen LogP contribution is 2.24. The first-order valence-electron chi connectivity index (χ1n) is 4.75. The predicted octanol–water partition coefficient (Wildman–Crippen LogP) is 3.95. The van der Waals surface area contributed by atoms with Gasteiger partial charge in [0.15, 0.2) is 0 Å². The van der Waals surface area contributed by atoms with E-state index < -0.39 is 0 Å². The first-order chi connectivity index (χ1) is 6.25. The van der Waals surface area contributed by atoms with Gasteiger partial charge in [0, 0.05) is 11.1 Å². The van der Waals surface area contributed by atoms with E-state index in [4.69, 9.17) is 17.3 Å². The van der Waals surface area contributed by atoms with E-state index in [1.807, 2.05) is 24.3 Å². The van der Waals surface area contributed by atoms with Crippen LogP contribution in [0.3, 0.4) is 0 Å². The third-order valence-corrected chi connectivity index (χ3v) is 2.52. The van der Waals surface area contributed by atoms with Crippen LogP contribution >= 0.6 is 24.0 Å². The smallest absolute Gasteiger partial charge is 0.0453 e. The van der Waals surface area contributed by atoms with Crippen LogP contribution in [0.15, 0.2) is 24.3 Å². The first-order valence-corrected chi connectivity index (χ1v) is 5.13. The highest BCUT2D eigenvalue weighted by molar-refractivity contribution is 6.31. The molecule has 0 heterocycles. The molecule has 0 amide bonds. The second-order valence-electron chi connectivity index (χ2n) is 3.27. The van der Waals surface area contributed by atoms with Crippen LogP contribution in [0.25, 0.3) is 0 Å². The zero-order valence-corrected chi connectivity index (χ0v) is 9.94. The Bertz CT molecular complexity index is 263. The lowest BCUT2D eigenvalue weighted by molar-refractivity contribution is 0.603. The summed E-state index contributed by atoms with van der Waals surface area (Å²) in [6.07, 6.45) is 3.35. The third-order valence-electron chi connectivity index (χ3n) is 2.17. The van der Waals surface area contributed by atoms with Crippen molar-refractivity contribution in [3.63, 3.8) is 0 Å². The highest BCUT2D eigenvalue weighted by atomic mass is 35.5. The van der Waals surface area contributed by atoms with Crippen molar-refractivity contribution in [2.75, 3.05) is 0 Å². The molecule has 0 aliphatic carbocycles. The van der Waals surface area contributed by atoms with E-state index in [0.29, 0.717) is 0 Å². The minimum atomic E-state index is 0. The largest absolute Gasteiger partial charge is 0.324 e. The molecule has 0 aliphatic heterocycles. The van der Waals surface area contributed by atoms with Crippen molar-refractivity contribution in [2.45, 2.75) is 32.2 Å². The van der Waals surface area contributed by atoms with E-state index in [1.54, 1.807) is 0 Å². The van der Waals surface area contributed by atoms with Crippen molar-refractivity contribution in [1.82, 2.24) is 0 Å². The fourth-order valence-corrected chi connectivity index (χ4v) is 1.63. The molecule has 14 heavy (non-hydrogen) atoms. The van der Waals surface area contributed by atoms with E-state index >= 15 is 0 Å². The number of hydrogen-bond donors (Lipinski definition) is 1. The number of rotatable bonds is 4. The van der Waals surface area contributed by atoms with E-state index in [-0.39, 0.29) is 18.4 Å². The molecule has 1 rings (SSSR count). The molecular weight excluding hydrogens is 217 g/mol. The molecule has 3 heteroatoms. The molecule has 0 saturated carbocycles. The van der Waals surface area contributed by atoms with Crippen molar-refractivity contribution in [2.24, 2.45) is 5.73 Å². The van der Waals surface area contributed by atoms with Gasteiger partial charge >= 0.3 is 0 Å². The van der Waals surface area contributed by atoms with Gasteiger partial charge in [0.05, 0.1) is 0 Å². The average molecular weight is 234 g/mol. The maximum absolute atomic E-state index is 6.02. The molecule has 80 valence electrons. The summed E-state index contributed by atoms with van der Waals surface area (Å²) in [4.78, 5) is 0. The van der Waals surface area contributed by atoms with Gasteiger partial charge in [-0.15, -0.1) is 12.4 Å². The molecule has 0 radical (unpaired) electrons. The lowest BCUT2D eigenvalue weighted by Crippen LogP contribution is -2.10. The van der Waals surface area contributed by atoms with E-state index in [9.17, 15) is 0 Å². The summed E-state index contributed by atoms with van der Waals surface area (Å²) in [6.45, 7) is 2.17. The fourth-order valence-electron chi connectivity index (χ4n) is 1.36. The Hall–Kier alpha value is -0.240. The fraction of sp³-hybridized carbons (Fsp3) is 0.455. The van der Waals surface area contributed by atoms with Crippen molar-refractivity contribution in [1.29, 1.82) is 0 Å². The van der Waals surface area contributed by atoms with Crippen molar-refractivity contribution in [3.05, 3.63) is 34.9 Å². The van der Waals surface area contributed by atoms with Gasteiger partial charge in [0.25, 0.3) is 0 Å². The molecule has 0 saturated heterocycles. The summed E-state index contributed by atoms with van der Waals surface area (Å²) in [5.41, 5.74) is 7.06. The van der Waals surface area contributed by atoms with Crippen LogP contribution in [-0.4, -0.2) is 0 Å². The number of halogens is 2. The minimum Gasteiger partial charge on any atom is -0.324 e. The molecule has 0 fully saturated rings. The van der Waals surface area contributed by atoms with Gasteiger partial charge in [-0.25, -0.2) is 0 Å². The van der Waals surface area contributed by atoms with Crippen LogP contribution in [0.5, 0.6) is 0 Å². The van der Waals surface area contributed by atoms with Crippen molar-refractivity contribution in [3.8, 4) is 0 Å². The van der Waals surface area contributed by atoms with Crippen molar-refractivity contribution < 1.29 is 0 Å². The molecule has 1 nitrogen and oxygen atoms in total. The number of nitrogens with two attached hydrogens (primary N) is 1. The summed E-state index contributed by atoms with van der Waals surface area (Å²) < 4.78 is 0. The second kappa shape index (κ2) is 7.10. The van der Waals surface area contributed by atoms with E-state index in [1.165, 1.54) is 6.42 Å². The zero-order valence-electron chi connectivity index (χ0n) is 8.37. The quantitative estimate of drug-likeness (QED) is 0.838. The summed E-state index contributed by atoms with van der Waals surface area (Å²) in [5, 5.41) is 0.783. The van der Waals surface area contributed by atoms with Crippen molar-refractivity contribution >= 4 is 24.0 Å². The normalized spacial score (nSPS) is 11.9. The molecule has 2 N–H and O–H groups in total. The van der Waals surface area contributed by atoms with E-state index in [2.05, 4.69) is 6.92 Å². The Kier molecular flexibility index (Phi) is 6.98. The Labute approximate surface area is 97.1 Å². The molecule has 0 aliphatic rings. The van der Waals surface area contributed by atoms with Gasteiger partial charge < -0.3 is 5.73 Å². The van der Waals surface area contributed by atoms with Gasteiger partial charge in [-0.05, 0) is 18.1 Å². The van der Waals surface area contributed by atoms with Crippen LogP contribution in [0.4, 0.5) is 0 Å². The maximum atomic E-state index is 6.02. The predicted molar refractivity (Wildman–Crippen MR) is 65.2 cm³/mol. The Balaban J connectivity index is 0.00000169. The van der Waals surface area contributed by atoms with Gasteiger partial charge in [-0.2, -0.15) is 0 Å². The van der Waals surface area contributed by atoms with E-state index in [0.717, 1.165) is 23.4 Å². The molecule has 0 spiro atoms. The highest BCUT2D eigenvalue weighted by Gasteiger charge is 2.07. The molecule has 1 aromatic carbocycles. The van der Waals surface area contributed by atoms with Crippen LogP contribution in [0.2, 0.25) is 5.02 Å². The lowest BCUT2D eigenvalue weighted by atomic mass is 10.0. The summed E-state index contributed by atoms with van der Waals surface area (Å²) >= 11 is 6.02. The van der Waals surface area contributed by atoms with Gasteiger partial charge in [-0.1, -0.05) is 49.6 Å². The third kappa shape index (κ3) is 3.87. The molecule has 0 aromatic heterocycles. The van der Waals surface area contributed by atoms with Crippen LogP contribution in [0, 0.1) is 0 Å². The Morgan fingerprint density at radius 3 is 2.57 bits per heavy atom. The molecular formula is C11H17Cl2N. The molecule has 0 bridgehead atoms. The minimum absolute atomic E-state index is 0. The van der Waals surface area contributed by atoms with Gasteiger partial charge in [0.1, 0.15) is 0 Å². The first kappa shape index (κ1) is 13.8. The SMILES string of the molecule is CCCC[C@H](N)c1ccccc1Cl.Cl. The Morgan fingerprint density at radius 1 is 1.36 bits per heavy atom. The molecule has 1 atom stereocenters. The molecule has 0 unspecified atom stereocenters. The summed E-state index contributed by atoms with van der Waals surface area (Å²) in [5.74, 6) is 0. The second-order valence-corrected chi connectivity index (χ2v) is 3.68. The van der Waals surface area contributed by atoms with Gasteiger partial charge in [0.2, 0.25) is 0 Å². The lowest BCUT2D eigenvalue weighted by Gasteiger charge is -2.12. The molecule has 1 aromatic rings. The number of unbranched alkanes of at least 4 members (excludes halogenated alkanes) is 1. The maximum Gasteiger partial charge on any atom is 0.0453 e. The van der Waals surface area contributed by atoms with Crippen LogP contribution in [0.1, 0.15) is 37.8 Å². The monoisotopic (exact) mass is 233 g/mol. The van der Waals surface area contributed by atoms with Crippen LogP contribution in [-0.2, 0) is 0 Å². The topological polar surface area (TPSA) is 26.0 Å².